The molecule has 1 unspecified atom stereocenters. The predicted molar refractivity (Wildman–Crippen MR) is 89.5 cm³/mol. The SMILES string of the molecule is CCc1ccc(C(CC)(CO)NC2CCCCCC2)cc1. The first kappa shape index (κ1) is 16.5. The highest BCUT2D eigenvalue weighted by Gasteiger charge is 2.32. The van der Waals surface area contributed by atoms with Gasteiger partial charge in [0.05, 0.1) is 12.1 Å². The van der Waals surface area contributed by atoms with Crippen molar-refractivity contribution in [2.45, 2.75) is 76.8 Å². The predicted octanol–water partition coefficient (Wildman–Crippen LogP) is 4.16. The fourth-order valence-corrected chi connectivity index (χ4v) is 3.51. The zero-order chi connectivity index (χ0) is 15.1. The van der Waals surface area contributed by atoms with E-state index in [0.717, 1.165) is 12.8 Å². The van der Waals surface area contributed by atoms with E-state index in [1.807, 2.05) is 0 Å². The summed E-state index contributed by atoms with van der Waals surface area (Å²) in [5.41, 5.74) is 2.31. The quantitative estimate of drug-likeness (QED) is 0.771. The number of aryl methyl sites for hydroxylation is 1. The van der Waals surface area contributed by atoms with E-state index in [1.54, 1.807) is 0 Å². The van der Waals surface area contributed by atoms with Crippen LogP contribution in [0.15, 0.2) is 24.3 Å². The zero-order valence-electron chi connectivity index (χ0n) is 13.7. The normalized spacial score (nSPS) is 20.0. The van der Waals surface area contributed by atoms with Crippen LogP contribution in [0.5, 0.6) is 0 Å². The second kappa shape index (κ2) is 7.95. The lowest BCUT2D eigenvalue weighted by Crippen LogP contribution is -2.50. The second-order valence-electron chi connectivity index (χ2n) is 6.48. The number of nitrogens with one attached hydrogen (secondary N) is 1. The number of aliphatic hydroxyl groups excluding tert-OH is 1. The summed E-state index contributed by atoms with van der Waals surface area (Å²) in [6, 6.07) is 9.34. The summed E-state index contributed by atoms with van der Waals surface area (Å²) in [6.45, 7) is 4.52. The van der Waals surface area contributed by atoms with Crippen LogP contribution in [0.2, 0.25) is 0 Å². The Morgan fingerprint density at radius 2 is 1.67 bits per heavy atom. The minimum Gasteiger partial charge on any atom is -0.394 e. The fourth-order valence-electron chi connectivity index (χ4n) is 3.51. The third-order valence-corrected chi connectivity index (χ3v) is 5.12. The Hall–Kier alpha value is -0.860. The molecule has 1 aliphatic carbocycles. The molecule has 1 atom stereocenters. The van der Waals surface area contributed by atoms with Crippen LogP contribution in [0.4, 0.5) is 0 Å². The standard InChI is InChI=1S/C19H31NO/c1-3-16-11-13-17(14-12-16)19(4-2,15-21)20-18-9-7-5-6-8-10-18/h11-14,18,20-21H,3-10,15H2,1-2H3. The van der Waals surface area contributed by atoms with Gasteiger partial charge in [-0.15, -0.1) is 0 Å². The van der Waals surface area contributed by atoms with Crippen LogP contribution < -0.4 is 5.32 Å². The number of rotatable bonds is 6. The summed E-state index contributed by atoms with van der Waals surface area (Å²) < 4.78 is 0. The number of hydrogen-bond donors (Lipinski definition) is 2. The molecule has 2 rings (SSSR count). The van der Waals surface area contributed by atoms with Crippen LogP contribution in [0.3, 0.4) is 0 Å². The largest absolute Gasteiger partial charge is 0.394 e. The lowest BCUT2D eigenvalue weighted by atomic mass is 9.85. The first-order valence-electron chi connectivity index (χ1n) is 8.72. The van der Waals surface area contributed by atoms with Gasteiger partial charge in [-0.05, 0) is 36.8 Å². The van der Waals surface area contributed by atoms with Crippen molar-refractivity contribution in [3.05, 3.63) is 35.4 Å². The van der Waals surface area contributed by atoms with E-state index < -0.39 is 0 Å². The van der Waals surface area contributed by atoms with Gasteiger partial charge in [0.25, 0.3) is 0 Å². The first-order chi connectivity index (χ1) is 10.2. The lowest BCUT2D eigenvalue weighted by Gasteiger charge is -2.37. The molecule has 0 spiro atoms. The average Bonchev–Trinajstić information content (AvgIpc) is 2.81. The Labute approximate surface area is 130 Å². The molecule has 118 valence electrons. The molecule has 1 fully saturated rings. The molecule has 1 aliphatic rings. The number of hydrogen-bond acceptors (Lipinski definition) is 2. The molecule has 0 radical (unpaired) electrons. The van der Waals surface area contributed by atoms with E-state index >= 15 is 0 Å². The smallest absolute Gasteiger partial charge is 0.0668 e. The lowest BCUT2D eigenvalue weighted by molar-refractivity contribution is 0.137. The highest BCUT2D eigenvalue weighted by atomic mass is 16.3. The van der Waals surface area contributed by atoms with Crippen LogP contribution in [0.25, 0.3) is 0 Å². The van der Waals surface area contributed by atoms with Gasteiger partial charge in [-0.2, -0.15) is 0 Å². The molecule has 0 aliphatic heterocycles. The van der Waals surface area contributed by atoms with Crippen molar-refractivity contribution in [1.29, 1.82) is 0 Å². The Kier molecular flexibility index (Phi) is 6.25. The summed E-state index contributed by atoms with van der Waals surface area (Å²) in [6.07, 6.45) is 9.84. The molecule has 2 nitrogen and oxygen atoms in total. The van der Waals surface area contributed by atoms with Gasteiger partial charge in [0.2, 0.25) is 0 Å². The second-order valence-corrected chi connectivity index (χ2v) is 6.48. The van der Waals surface area contributed by atoms with E-state index in [4.69, 9.17) is 0 Å². The topological polar surface area (TPSA) is 32.3 Å². The summed E-state index contributed by atoms with van der Waals surface area (Å²) in [5.74, 6) is 0. The van der Waals surface area contributed by atoms with Crippen LogP contribution in [-0.2, 0) is 12.0 Å². The monoisotopic (exact) mass is 289 g/mol. The Morgan fingerprint density at radius 1 is 1.05 bits per heavy atom. The van der Waals surface area contributed by atoms with Crippen molar-refractivity contribution >= 4 is 0 Å². The molecule has 2 heteroatoms. The van der Waals surface area contributed by atoms with Gasteiger partial charge in [0, 0.05) is 6.04 Å². The van der Waals surface area contributed by atoms with Gasteiger partial charge in [-0.25, -0.2) is 0 Å². The molecule has 0 heterocycles. The molecular weight excluding hydrogens is 258 g/mol. The number of aliphatic hydroxyl groups is 1. The average molecular weight is 289 g/mol. The molecule has 1 aromatic carbocycles. The van der Waals surface area contributed by atoms with Crippen LogP contribution >= 0.6 is 0 Å². The molecular formula is C19H31NO. The minimum absolute atomic E-state index is 0.172. The van der Waals surface area contributed by atoms with Crippen molar-refractivity contribution in [3.8, 4) is 0 Å². The van der Waals surface area contributed by atoms with Crippen molar-refractivity contribution in [1.82, 2.24) is 5.32 Å². The molecule has 0 amide bonds. The van der Waals surface area contributed by atoms with Crippen molar-refractivity contribution in [2.75, 3.05) is 6.61 Å². The van der Waals surface area contributed by atoms with Crippen LogP contribution in [0, 0.1) is 0 Å². The molecule has 0 saturated heterocycles. The minimum atomic E-state index is -0.277. The van der Waals surface area contributed by atoms with Gasteiger partial charge < -0.3 is 10.4 Å². The molecule has 0 bridgehead atoms. The number of benzene rings is 1. The third-order valence-electron chi connectivity index (χ3n) is 5.12. The van der Waals surface area contributed by atoms with Gasteiger partial charge >= 0.3 is 0 Å². The van der Waals surface area contributed by atoms with Gasteiger partial charge in [-0.3, -0.25) is 0 Å². The van der Waals surface area contributed by atoms with E-state index in [2.05, 4.69) is 43.4 Å². The van der Waals surface area contributed by atoms with Gasteiger partial charge in [0.1, 0.15) is 0 Å². The molecule has 1 aromatic rings. The van der Waals surface area contributed by atoms with Gasteiger partial charge in [0.15, 0.2) is 0 Å². The summed E-state index contributed by atoms with van der Waals surface area (Å²) in [7, 11) is 0. The summed E-state index contributed by atoms with van der Waals surface area (Å²) in [4.78, 5) is 0. The maximum atomic E-state index is 10.1. The van der Waals surface area contributed by atoms with Crippen LogP contribution in [0.1, 0.15) is 69.9 Å². The maximum Gasteiger partial charge on any atom is 0.0668 e. The van der Waals surface area contributed by atoms with E-state index in [-0.39, 0.29) is 12.1 Å². The van der Waals surface area contributed by atoms with Gasteiger partial charge in [-0.1, -0.05) is 63.8 Å². The van der Waals surface area contributed by atoms with Crippen molar-refractivity contribution in [3.63, 3.8) is 0 Å². The van der Waals surface area contributed by atoms with Crippen LogP contribution in [-0.4, -0.2) is 17.8 Å². The molecule has 21 heavy (non-hydrogen) atoms. The Balaban J connectivity index is 2.17. The fraction of sp³-hybridized carbons (Fsp3) is 0.684. The highest BCUT2D eigenvalue weighted by Crippen LogP contribution is 2.28. The third kappa shape index (κ3) is 4.08. The molecule has 0 aromatic heterocycles. The molecule has 1 saturated carbocycles. The summed E-state index contributed by atoms with van der Waals surface area (Å²) >= 11 is 0. The van der Waals surface area contributed by atoms with Crippen molar-refractivity contribution in [2.24, 2.45) is 0 Å². The zero-order valence-corrected chi connectivity index (χ0v) is 13.7. The van der Waals surface area contributed by atoms with Crippen molar-refractivity contribution < 1.29 is 5.11 Å². The Morgan fingerprint density at radius 3 is 2.14 bits per heavy atom. The summed E-state index contributed by atoms with van der Waals surface area (Å²) in [5, 5.41) is 13.9. The van der Waals surface area contributed by atoms with E-state index in [9.17, 15) is 5.11 Å². The molecule has 2 N–H and O–H groups in total. The van der Waals surface area contributed by atoms with E-state index in [1.165, 1.54) is 49.7 Å². The van der Waals surface area contributed by atoms with E-state index in [0.29, 0.717) is 6.04 Å². The first-order valence-corrected chi connectivity index (χ1v) is 8.72. The maximum absolute atomic E-state index is 10.1. The Bertz CT molecular complexity index is 400. The highest BCUT2D eigenvalue weighted by molar-refractivity contribution is 5.29.